The van der Waals surface area contributed by atoms with Gasteiger partial charge in [-0.3, -0.25) is 19.3 Å². The molecular formula is C18H24Br2N2O3. The number of nitrogens with zero attached hydrogens (tertiary/aromatic N) is 2. The molecule has 5 nitrogen and oxygen atoms in total. The van der Waals surface area contributed by atoms with Crippen molar-refractivity contribution in [3.8, 4) is 0 Å². The second-order valence-corrected chi connectivity index (χ2v) is 10.2. The molecule has 2 bridgehead atoms. The number of imide groups is 1. The van der Waals surface area contributed by atoms with Crippen LogP contribution >= 0.6 is 31.9 Å². The van der Waals surface area contributed by atoms with Crippen molar-refractivity contribution in [1.29, 1.82) is 0 Å². The molecule has 0 radical (unpaired) electrons. The molecule has 0 aromatic carbocycles. The van der Waals surface area contributed by atoms with Crippen molar-refractivity contribution in [3.63, 3.8) is 0 Å². The molecule has 4 rings (SSSR count). The maximum absolute atomic E-state index is 12.9. The third kappa shape index (κ3) is 2.71. The largest absolute Gasteiger partial charge is 0.341 e. The van der Waals surface area contributed by atoms with Gasteiger partial charge in [-0.25, -0.2) is 0 Å². The molecule has 0 aromatic rings. The number of hydrogen-bond donors (Lipinski definition) is 0. The van der Waals surface area contributed by atoms with Gasteiger partial charge in [-0.2, -0.15) is 0 Å². The van der Waals surface area contributed by atoms with Gasteiger partial charge in [0.05, 0.1) is 11.8 Å². The van der Waals surface area contributed by atoms with Crippen molar-refractivity contribution >= 4 is 49.6 Å². The summed E-state index contributed by atoms with van der Waals surface area (Å²) in [5.74, 6) is -0.425. The van der Waals surface area contributed by atoms with Crippen molar-refractivity contribution in [2.75, 3.05) is 13.6 Å². The Kier molecular flexibility index (Phi) is 4.76. The molecule has 25 heavy (non-hydrogen) atoms. The minimum atomic E-state index is -0.233. The van der Waals surface area contributed by atoms with Crippen LogP contribution in [-0.4, -0.2) is 56.8 Å². The molecule has 3 saturated carbocycles. The Morgan fingerprint density at radius 2 is 1.56 bits per heavy atom. The summed E-state index contributed by atoms with van der Waals surface area (Å²) in [6.45, 7) is -0.0863. The number of fused-ring (bicyclic) bond motifs is 5. The number of hydrogen-bond acceptors (Lipinski definition) is 3. The first-order chi connectivity index (χ1) is 11.9. The number of halogens is 2. The number of carbonyl (C=O) groups is 3. The third-order valence-electron chi connectivity index (χ3n) is 6.89. The molecule has 7 heteroatoms. The monoisotopic (exact) mass is 474 g/mol. The van der Waals surface area contributed by atoms with Crippen molar-refractivity contribution in [2.24, 2.45) is 23.7 Å². The van der Waals surface area contributed by atoms with E-state index in [1.54, 1.807) is 4.90 Å². The van der Waals surface area contributed by atoms with Gasteiger partial charge in [0.2, 0.25) is 17.7 Å². The van der Waals surface area contributed by atoms with Gasteiger partial charge in [-0.1, -0.05) is 51.1 Å². The number of alkyl halides is 2. The highest BCUT2D eigenvalue weighted by molar-refractivity contribution is 9.12. The number of likely N-dealkylation sites (N-methyl/N-ethyl adjacent to an activating group) is 1. The Bertz CT molecular complexity index is 575. The van der Waals surface area contributed by atoms with Gasteiger partial charge in [0.25, 0.3) is 0 Å². The minimum absolute atomic E-state index is 0.0863. The van der Waals surface area contributed by atoms with Crippen molar-refractivity contribution in [2.45, 2.75) is 54.2 Å². The van der Waals surface area contributed by atoms with Gasteiger partial charge in [0, 0.05) is 22.7 Å². The molecule has 0 unspecified atom stereocenters. The van der Waals surface area contributed by atoms with Crippen molar-refractivity contribution in [1.82, 2.24) is 9.80 Å². The van der Waals surface area contributed by atoms with Gasteiger partial charge in [-0.15, -0.1) is 0 Å². The smallest absolute Gasteiger partial charge is 0.242 e. The summed E-state index contributed by atoms with van der Waals surface area (Å²) in [5, 5.41) is 0. The molecular weight excluding hydrogens is 452 g/mol. The number of rotatable bonds is 3. The summed E-state index contributed by atoms with van der Waals surface area (Å²) in [5.41, 5.74) is 0. The fourth-order valence-electron chi connectivity index (χ4n) is 5.49. The molecule has 3 amide bonds. The first-order valence-electron chi connectivity index (χ1n) is 9.31. The van der Waals surface area contributed by atoms with Crippen LogP contribution in [0.15, 0.2) is 0 Å². The van der Waals surface area contributed by atoms with Crippen LogP contribution in [0, 0.1) is 23.7 Å². The lowest BCUT2D eigenvalue weighted by molar-refractivity contribution is -0.147. The van der Waals surface area contributed by atoms with Crippen LogP contribution in [-0.2, 0) is 14.4 Å². The van der Waals surface area contributed by atoms with Crippen LogP contribution in [0.5, 0.6) is 0 Å². The molecule has 0 aromatic heterocycles. The van der Waals surface area contributed by atoms with E-state index < -0.39 is 0 Å². The van der Waals surface area contributed by atoms with Crippen LogP contribution in [0.4, 0.5) is 0 Å². The number of carbonyl (C=O) groups excluding carboxylic acids is 3. The molecule has 1 heterocycles. The van der Waals surface area contributed by atoms with E-state index in [1.165, 1.54) is 11.3 Å². The summed E-state index contributed by atoms with van der Waals surface area (Å²) in [7, 11) is 1.82. The van der Waals surface area contributed by atoms with Gasteiger partial charge >= 0.3 is 0 Å². The zero-order valence-corrected chi connectivity index (χ0v) is 17.5. The summed E-state index contributed by atoms with van der Waals surface area (Å²) in [4.78, 5) is 41.9. The average molecular weight is 476 g/mol. The summed E-state index contributed by atoms with van der Waals surface area (Å²) >= 11 is 7.37. The molecule has 138 valence electrons. The van der Waals surface area contributed by atoms with E-state index in [0.29, 0.717) is 0 Å². The Morgan fingerprint density at radius 1 is 1.04 bits per heavy atom. The minimum Gasteiger partial charge on any atom is -0.341 e. The normalized spacial score (nSPS) is 40.7. The Labute approximate surface area is 165 Å². The Hall–Kier alpha value is -0.430. The standard InChI is InChI=1S/C18H24Br2N2O3/c1-21(9-5-3-2-4-6-9)12(23)8-22-17(24)13-10-7-11(14(13)18(22)25)16(20)15(10)19/h9-11,13-16H,2-8H2,1H3/t10-,11-,13-,14+,15+,16+/m1/s1. The zero-order valence-electron chi connectivity index (χ0n) is 14.4. The molecule has 4 aliphatic rings. The van der Waals surface area contributed by atoms with Crippen LogP contribution in [0.1, 0.15) is 38.5 Å². The summed E-state index contributed by atoms with van der Waals surface area (Å²) < 4.78 is 0. The fraction of sp³-hybridized carbons (Fsp3) is 0.833. The molecule has 1 aliphatic heterocycles. The predicted octanol–water partition coefficient (Wildman–Crippen LogP) is 2.56. The van der Waals surface area contributed by atoms with E-state index in [-0.39, 0.29) is 63.6 Å². The first-order valence-corrected chi connectivity index (χ1v) is 11.1. The van der Waals surface area contributed by atoms with Crippen molar-refractivity contribution in [3.05, 3.63) is 0 Å². The SMILES string of the molecule is CN(C(=O)CN1C(=O)[C@@H]2[C@H]3C[C@@H]([C@H](Br)[C@H]3Br)[C@@H]2C1=O)C1CCCCC1. The highest BCUT2D eigenvalue weighted by atomic mass is 79.9. The first kappa shape index (κ1) is 18.0. The predicted molar refractivity (Wildman–Crippen MR) is 100 cm³/mol. The van der Waals surface area contributed by atoms with E-state index in [4.69, 9.17) is 0 Å². The lowest BCUT2D eigenvalue weighted by Crippen LogP contribution is -2.46. The van der Waals surface area contributed by atoms with Crippen LogP contribution < -0.4 is 0 Å². The zero-order chi connectivity index (χ0) is 17.9. The number of likely N-dealkylation sites (tertiary alicyclic amines) is 1. The highest BCUT2D eigenvalue weighted by Crippen LogP contribution is 2.60. The Balaban J connectivity index is 1.46. The van der Waals surface area contributed by atoms with E-state index in [9.17, 15) is 14.4 Å². The topological polar surface area (TPSA) is 57.7 Å². The highest BCUT2D eigenvalue weighted by Gasteiger charge is 2.66. The fourth-order valence-corrected chi connectivity index (χ4v) is 7.36. The molecule has 0 N–H and O–H groups in total. The van der Waals surface area contributed by atoms with Gasteiger partial charge in [-0.05, 0) is 31.1 Å². The Morgan fingerprint density at radius 3 is 2.08 bits per heavy atom. The van der Waals surface area contributed by atoms with Crippen LogP contribution in [0.3, 0.4) is 0 Å². The van der Waals surface area contributed by atoms with Gasteiger partial charge in [0.15, 0.2) is 0 Å². The lowest BCUT2D eigenvalue weighted by Gasteiger charge is -2.32. The van der Waals surface area contributed by atoms with E-state index in [1.807, 2.05) is 7.05 Å². The maximum Gasteiger partial charge on any atom is 0.242 e. The maximum atomic E-state index is 12.9. The molecule has 0 spiro atoms. The molecule has 3 aliphatic carbocycles. The van der Waals surface area contributed by atoms with E-state index in [2.05, 4.69) is 31.9 Å². The second kappa shape index (κ2) is 6.63. The quantitative estimate of drug-likeness (QED) is 0.465. The van der Waals surface area contributed by atoms with Gasteiger partial charge < -0.3 is 4.90 Å². The van der Waals surface area contributed by atoms with Gasteiger partial charge in [0.1, 0.15) is 6.54 Å². The second-order valence-electron chi connectivity index (χ2n) is 8.06. The summed E-state index contributed by atoms with van der Waals surface area (Å²) in [6, 6.07) is 0.253. The van der Waals surface area contributed by atoms with Crippen LogP contribution in [0.25, 0.3) is 0 Å². The molecule has 4 fully saturated rings. The molecule has 6 atom stereocenters. The van der Waals surface area contributed by atoms with E-state index >= 15 is 0 Å². The summed E-state index contributed by atoms with van der Waals surface area (Å²) in [6.07, 6.45) is 6.50. The van der Waals surface area contributed by atoms with Crippen molar-refractivity contribution < 1.29 is 14.4 Å². The molecule has 1 saturated heterocycles. The third-order valence-corrected chi connectivity index (χ3v) is 10.1. The average Bonchev–Trinajstić information content (AvgIpc) is 3.22. The van der Waals surface area contributed by atoms with Crippen LogP contribution in [0.2, 0.25) is 0 Å². The number of amides is 3. The van der Waals surface area contributed by atoms with E-state index in [0.717, 1.165) is 32.1 Å². The lowest BCUT2D eigenvalue weighted by atomic mass is 9.81.